The summed E-state index contributed by atoms with van der Waals surface area (Å²) in [5.74, 6) is 1.04. The standard InChI is InChI=1S/C19H23N3O3/c23-13-12-21-18(20-14-19(21)22(24)25)11-8-15-6-9-17(10-7-15)16-4-2-1-3-5-16/h6-11,14,16,23H,1-5,12-13H2. The molecule has 1 fully saturated rings. The number of aliphatic hydroxyl groups is 1. The maximum Gasteiger partial charge on any atom is 0.343 e. The molecule has 0 saturated heterocycles. The van der Waals surface area contributed by atoms with Crippen molar-refractivity contribution in [1.82, 2.24) is 9.55 Å². The third kappa shape index (κ3) is 4.14. The van der Waals surface area contributed by atoms with Crippen LogP contribution in [0.1, 0.15) is 55.0 Å². The number of nitro groups is 1. The molecule has 1 heterocycles. The molecule has 0 aliphatic heterocycles. The molecule has 0 radical (unpaired) electrons. The molecule has 0 spiro atoms. The van der Waals surface area contributed by atoms with E-state index in [2.05, 4.69) is 29.2 Å². The monoisotopic (exact) mass is 341 g/mol. The van der Waals surface area contributed by atoms with Gasteiger partial charge in [-0.2, -0.15) is 0 Å². The molecule has 2 aromatic rings. The van der Waals surface area contributed by atoms with Crippen molar-refractivity contribution < 1.29 is 10.0 Å². The average Bonchev–Trinajstić information content (AvgIpc) is 3.04. The van der Waals surface area contributed by atoms with Gasteiger partial charge in [-0.15, -0.1) is 0 Å². The van der Waals surface area contributed by atoms with E-state index in [1.807, 2.05) is 6.08 Å². The zero-order valence-corrected chi connectivity index (χ0v) is 14.2. The molecule has 1 saturated carbocycles. The number of imidazole rings is 1. The summed E-state index contributed by atoms with van der Waals surface area (Å²) in [7, 11) is 0. The smallest absolute Gasteiger partial charge is 0.343 e. The molecule has 0 amide bonds. The van der Waals surface area contributed by atoms with Gasteiger partial charge in [0.2, 0.25) is 5.82 Å². The third-order valence-corrected chi connectivity index (χ3v) is 4.81. The van der Waals surface area contributed by atoms with Gasteiger partial charge >= 0.3 is 5.82 Å². The second kappa shape index (κ2) is 8.07. The number of aliphatic hydroxyl groups excluding tert-OH is 1. The van der Waals surface area contributed by atoms with Gasteiger partial charge in [-0.3, -0.25) is 0 Å². The van der Waals surface area contributed by atoms with Crippen LogP contribution in [0, 0.1) is 10.1 Å². The van der Waals surface area contributed by atoms with Crippen LogP contribution in [0.5, 0.6) is 0 Å². The fourth-order valence-corrected chi connectivity index (χ4v) is 3.47. The van der Waals surface area contributed by atoms with Gasteiger partial charge in [-0.25, -0.2) is 9.55 Å². The quantitative estimate of drug-likeness (QED) is 0.636. The maximum atomic E-state index is 11.0. The fraction of sp³-hybridized carbons (Fsp3) is 0.421. The summed E-state index contributed by atoms with van der Waals surface area (Å²) in [4.78, 5) is 14.6. The van der Waals surface area contributed by atoms with Crippen molar-refractivity contribution in [2.75, 3.05) is 6.61 Å². The Labute approximate surface area is 147 Å². The van der Waals surface area contributed by atoms with E-state index in [9.17, 15) is 10.1 Å². The van der Waals surface area contributed by atoms with Crippen LogP contribution in [0.25, 0.3) is 12.2 Å². The van der Waals surface area contributed by atoms with Gasteiger partial charge in [0.15, 0.2) is 0 Å². The third-order valence-electron chi connectivity index (χ3n) is 4.81. The molecule has 1 aliphatic carbocycles. The Morgan fingerprint density at radius 2 is 1.92 bits per heavy atom. The molecular formula is C19H23N3O3. The van der Waals surface area contributed by atoms with E-state index >= 15 is 0 Å². The first-order valence-corrected chi connectivity index (χ1v) is 8.78. The van der Waals surface area contributed by atoms with Crippen LogP contribution in [-0.4, -0.2) is 26.2 Å². The summed E-state index contributed by atoms with van der Waals surface area (Å²) in [6, 6.07) is 8.51. The van der Waals surface area contributed by atoms with Crippen molar-refractivity contribution in [2.45, 2.75) is 44.6 Å². The van der Waals surface area contributed by atoms with Crippen LogP contribution >= 0.6 is 0 Å². The van der Waals surface area contributed by atoms with Crippen molar-refractivity contribution >= 4 is 18.0 Å². The lowest BCUT2D eigenvalue weighted by Crippen LogP contribution is -2.07. The molecule has 1 aromatic carbocycles. The maximum absolute atomic E-state index is 11.0. The largest absolute Gasteiger partial charge is 0.392 e. The minimum Gasteiger partial charge on any atom is -0.392 e. The summed E-state index contributed by atoms with van der Waals surface area (Å²) in [6.07, 6.45) is 11.4. The van der Waals surface area contributed by atoms with Crippen LogP contribution in [0.15, 0.2) is 30.5 Å². The van der Waals surface area contributed by atoms with Crippen molar-refractivity contribution in [3.05, 3.63) is 57.5 Å². The molecule has 1 aliphatic rings. The lowest BCUT2D eigenvalue weighted by Gasteiger charge is -2.21. The Morgan fingerprint density at radius 3 is 2.56 bits per heavy atom. The van der Waals surface area contributed by atoms with E-state index in [0.717, 1.165) is 5.56 Å². The number of benzene rings is 1. The summed E-state index contributed by atoms with van der Waals surface area (Å²) in [6.45, 7) is -0.0231. The number of nitrogens with zero attached hydrogens (tertiary/aromatic N) is 3. The molecular weight excluding hydrogens is 318 g/mol. The molecule has 25 heavy (non-hydrogen) atoms. The van der Waals surface area contributed by atoms with E-state index < -0.39 is 4.92 Å². The number of rotatable bonds is 6. The van der Waals surface area contributed by atoms with Gasteiger partial charge < -0.3 is 15.2 Å². The molecule has 0 bridgehead atoms. The predicted molar refractivity (Wildman–Crippen MR) is 97.2 cm³/mol. The summed E-state index contributed by atoms with van der Waals surface area (Å²) < 4.78 is 1.41. The highest BCUT2D eigenvalue weighted by Crippen LogP contribution is 2.32. The molecule has 0 atom stereocenters. The first-order chi connectivity index (χ1) is 12.2. The molecule has 1 aromatic heterocycles. The highest BCUT2D eigenvalue weighted by Gasteiger charge is 2.18. The highest BCUT2D eigenvalue weighted by atomic mass is 16.6. The fourth-order valence-electron chi connectivity index (χ4n) is 3.47. The lowest BCUT2D eigenvalue weighted by molar-refractivity contribution is -0.392. The Kier molecular flexibility index (Phi) is 5.60. The summed E-state index contributed by atoms with van der Waals surface area (Å²) in [5.41, 5.74) is 2.43. The highest BCUT2D eigenvalue weighted by molar-refractivity contribution is 5.67. The Bertz CT molecular complexity index is 744. The van der Waals surface area contributed by atoms with E-state index in [4.69, 9.17) is 5.11 Å². The van der Waals surface area contributed by atoms with Crippen molar-refractivity contribution in [2.24, 2.45) is 0 Å². The minimum absolute atomic E-state index is 0.110. The molecule has 3 rings (SSSR count). The number of aromatic nitrogens is 2. The van der Waals surface area contributed by atoms with E-state index in [0.29, 0.717) is 11.7 Å². The van der Waals surface area contributed by atoms with Gasteiger partial charge in [0.05, 0.1) is 6.61 Å². The molecule has 6 heteroatoms. The Morgan fingerprint density at radius 1 is 1.20 bits per heavy atom. The SMILES string of the molecule is O=[N+]([O-])c1cnc(C=Cc2ccc(C3CCCCC3)cc2)n1CCO. The first kappa shape index (κ1) is 17.4. The van der Waals surface area contributed by atoms with Crippen molar-refractivity contribution in [1.29, 1.82) is 0 Å². The van der Waals surface area contributed by atoms with E-state index in [1.54, 1.807) is 6.08 Å². The minimum atomic E-state index is -0.487. The lowest BCUT2D eigenvalue weighted by atomic mass is 9.84. The molecule has 132 valence electrons. The molecule has 0 unspecified atom stereocenters. The molecule has 1 N–H and O–H groups in total. The number of hydrogen-bond acceptors (Lipinski definition) is 4. The Balaban J connectivity index is 1.74. The predicted octanol–water partition coefficient (Wildman–Crippen LogP) is 4.00. The van der Waals surface area contributed by atoms with Crippen LogP contribution < -0.4 is 0 Å². The van der Waals surface area contributed by atoms with Gasteiger partial charge in [0.1, 0.15) is 12.7 Å². The van der Waals surface area contributed by atoms with Gasteiger partial charge in [0.25, 0.3) is 0 Å². The summed E-state index contributed by atoms with van der Waals surface area (Å²) in [5, 5.41) is 20.1. The van der Waals surface area contributed by atoms with Crippen molar-refractivity contribution in [3.8, 4) is 0 Å². The average molecular weight is 341 g/mol. The van der Waals surface area contributed by atoms with E-state index in [1.165, 1.54) is 48.4 Å². The first-order valence-electron chi connectivity index (χ1n) is 8.78. The zero-order chi connectivity index (χ0) is 17.6. The van der Waals surface area contributed by atoms with Crippen molar-refractivity contribution in [3.63, 3.8) is 0 Å². The van der Waals surface area contributed by atoms with Crippen LogP contribution in [0.3, 0.4) is 0 Å². The van der Waals surface area contributed by atoms with Crippen LogP contribution in [0.4, 0.5) is 5.82 Å². The molecule has 6 nitrogen and oxygen atoms in total. The normalized spacial score (nSPS) is 15.7. The topological polar surface area (TPSA) is 81.2 Å². The van der Waals surface area contributed by atoms with Gasteiger partial charge in [-0.1, -0.05) is 43.5 Å². The van der Waals surface area contributed by atoms with Gasteiger partial charge in [0, 0.05) is 6.08 Å². The summed E-state index contributed by atoms with van der Waals surface area (Å²) >= 11 is 0. The van der Waals surface area contributed by atoms with E-state index in [-0.39, 0.29) is 19.0 Å². The second-order valence-corrected chi connectivity index (χ2v) is 6.44. The van der Waals surface area contributed by atoms with Crippen LogP contribution in [-0.2, 0) is 6.54 Å². The van der Waals surface area contributed by atoms with Crippen LogP contribution in [0.2, 0.25) is 0 Å². The Hall–Kier alpha value is -2.47. The number of hydrogen-bond donors (Lipinski definition) is 1. The zero-order valence-electron chi connectivity index (χ0n) is 14.2. The van der Waals surface area contributed by atoms with Gasteiger partial charge in [-0.05, 0) is 40.9 Å². The second-order valence-electron chi connectivity index (χ2n) is 6.44.